The van der Waals surface area contributed by atoms with Gasteiger partial charge in [-0.1, -0.05) is 0 Å². The minimum absolute atomic E-state index is 0.0723. The summed E-state index contributed by atoms with van der Waals surface area (Å²) < 4.78 is 9.58. The first-order valence-corrected chi connectivity index (χ1v) is 9.48. The van der Waals surface area contributed by atoms with Gasteiger partial charge in [-0.15, -0.1) is 23.5 Å². The highest BCUT2D eigenvalue weighted by atomic mass is 32.2. The second kappa shape index (κ2) is 10.4. The van der Waals surface area contributed by atoms with Crippen LogP contribution < -0.4 is 16.8 Å². The minimum Gasteiger partial charge on any atom is -0.465 e. The lowest BCUT2D eigenvalue weighted by Gasteiger charge is -2.11. The fourth-order valence-electron chi connectivity index (χ4n) is 1.67. The number of imide groups is 1. The molecular formula is C14H21N3O6S2. The Morgan fingerprint density at radius 2 is 1.28 bits per heavy atom. The van der Waals surface area contributed by atoms with Crippen molar-refractivity contribution in [2.45, 2.75) is 25.9 Å². The fraction of sp³-hybridized carbons (Fsp3) is 0.571. The van der Waals surface area contributed by atoms with Gasteiger partial charge in [-0.05, 0) is 13.8 Å². The summed E-state index contributed by atoms with van der Waals surface area (Å²) in [6, 6.07) is -1.84. The van der Waals surface area contributed by atoms with E-state index >= 15 is 0 Å². The Morgan fingerprint density at radius 3 is 1.60 bits per heavy atom. The number of carbonyl (C=O) groups is 4. The SMILES string of the molecule is CCOC(=O)C(N)CSC1=C(SCC(N)C(=O)OCC)C(=O)NC1=O. The summed E-state index contributed by atoms with van der Waals surface area (Å²) in [6.45, 7) is 3.72. The maximum atomic E-state index is 11.9. The third kappa shape index (κ3) is 6.34. The standard InChI is InChI=1S/C14H21N3O6S2/c1-3-22-13(20)7(15)5-24-9-10(12(19)17-11(9)18)25-6-8(16)14(21)23-4-2/h7-8H,3-6,15-16H2,1-2H3,(H,17,18,19). The molecule has 2 amide bonds. The number of hydrogen-bond acceptors (Lipinski definition) is 10. The molecule has 0 saturated carbocycles. The van der Waals surface area contributed by atoms with Gasteiger partial charge >= 0.3 is 11.9 Å². The molecule has 0 aromatic carbocycles. The van der Waals surface area contributed by atoms with E-state index in [4.69, 9.17) is 20.9 Å². The van der Waals surface area contributed by atoms with E-state index in [-0.39, 0.29) is 34.5 Å². The molecule has 11 heteroatoms. The van der Waals surface area contributed by atoms with Crippen molar-refractivity contribution in [3.8, 4) is 0 Å². The molecule has 2 atom stereocenters. The topological polar surface area (TPSA) is 151 Å². The third-order valence-corrected chi connectivity index (χ3v) is 5.38. The van der Waals surface area contributed by atoms with Gasteiger partial charge in [0, 0.05) is 11.5 Å². The van der Waals surface area contributed by atoms with Gasteiger partial charge in [0.2, 0.25) is 0 Å². The van der Waals surface area contributed by atoms with Crippen molar-refractivity contribution in [3.05, 3.63) is 9.81 Å². The highest BCUT2D eigenvalue weighted by Gasteiger charge is 2.32. The molecule has 140 valence electrons. The number of nitrogens with two attached hydrogens (primary N) is 2. The van der Waals surface area contributed by atoms with E-state index in [1.54, 1.807) is 13.8 Å². The Kier molecular flexibility index (Phi) is 8.97. The average molecular weight is 391 g/mol. The van der Waals surface area contributed by atoms with E-state index in [0.29, 0.717) is 0 Å². The third-order valence-electron chi connectivity index (χ3n) is 2.84. The number of esters is 2. The van der Waals surface area contributed by atoms with Gasteiger partial charge in [0.1, 0.15) is 12.1 Å². The lowest BCUT2D eigenvalue weighted by molar-refractivity contribution is -0.144. The van der Waals surface area contributed by atoms with Crippen LogP contribution in [-0.2, 0) is 28.7 Å². The van der Waals surface area contributed by atoms with Gasteiger partial charge in [0.15, 0.2) is 0 Å². The molecule has 2 unspecified atom stereocenters. The zero-order valence-electron chi connectivity index (χ0n) is 13.9. The van der Waals surface area contributed by atoms with Crippen LogP contribution in [0.25, 0.3) is 0 Å². The molecule has 0 aromatic rings. The Bertz CT molecular complexity index is 533. The Morgan fingerprint density at radius 1 is 0.920 bits per heavy atom. The van der Waals surface area contributed by atoms with E-state index in [0.717, 1.165) is 23.5 Å². The summed E-state index contributed by atoms with van der Waals surface area (Å²) in [6.07, 6.45) is 0. The van der Waals surface area contributed by atoms with E-state index < -0.39 is 35.8 Å². The second-order valence-electron chi connectivity index (χ2n) is 4.78. The molecule has 0 saturated heterocycles. The van der Waals surface area contributed by atoms with Crippen molar-refractivity contribution in [2.75, 3.05) is 24.7 Å². The van der Waals surface area contributed by atoms with Crippen molar-refractivity contribution < 1.29 is 28.7 Å². The Balaban J connectivity index is 2.71. The van der Waals surface area contributed by atoms with E-state index in [1.807, 2.05) is 0 Å². The van der Waals surface area contributed by atoms with Gasteiger partial charge < -0.3 is 20.9 Å². The van der Waals surface area contributed by atoms with Crippen molar-refractivity contribution in [1.82, 2.24) is 5.32 Å². The minimum atomic E-state index is -0.922. The van der Waals surface area contributed by atoms with Crippen LogP contribution in [0.2, 0.25) is 0 Å². The number of hydrogen-bond donors (Lipinski definition) is 3. The normalized spacial score (nSPS) is 16.5. The molecule has 1 heterocycles. The summed E-state index contributed by atoms with van der Waals surface area (Å²) in [5, 5.41) is 2.17. The van der Waals surface area contributed by atoms with Crippen molar-refractivity contribution in [3.63, 3.8) is 0 Å². The van der Waals surface area contributed by atoms with E-state index in [1.165, 1.54) is 0 Å². The summed E-state index contributed by atoms with van der Waals surface area (Å²) in [5.74, 6) is -2.17. The molecular weight excluding hydrogens is 370 g/mol. The average Bonchev–Trinajstić information content (AvgIpc) is 2.83. The molecule has 5 N–H and O–H groups in total. The van der Waals surface area contributed by atoms with Crippen LogP contribution in [0.3, 0.4) is 0 Å². The van der Waals surface area contributed by atoms with E-state index in [2.05, 4.69) is 5.32 Å². The molecule has 0 aliphatic carbocycles. The summed E-state index contributed by atoms with van der Waals surface area (Å²) in [7, 11) is 0. The van der Waals surface area contributed by atoms with Crippen molar-refractivity contribution in [1.29, 1.82) is 0 Å². The van der Waals surface area contributed by atoms with Gasteiger partial charge in [-0.25, -0.2) is 0 Å². The molecule has 1 aliphatic rings. The summed E-state index contributed by atoms with van der Waals surface area (Å²) >= 11 is 1.96. The lowest BCUT2D eigenvalue weighted by Crippen LogP contribution is -2.35. The van der Waals surface area contributed by atoms with Crippen LogP contribution in [0.4, 0.5) is 0 Å². The smallest absolute Gasteiger partial charge is 0.323 e. The predicted molar refractivity (Wildman–Crippen MR) is 94.3 cm³/mol. The highest BCUT2D eigenvalue weighted by Crippen LogP contribution is 2.32. The van der Waals surface area contributed by atoms with Gasteiger partial charge in [-0.2, -0.15) is 0 Å². The van der Waals surface area contributed by atoms with Crippen LogP contribution in [0, 0.1) is 0 Å². The first-order chi connectivity index (χ1) is 11.8. The molecule has 1 rings (SSSR count). The highest BCUT2D eigenvalue weighted by molar-refractivity contribution is 8.08. The van der Waals surface area contributed by atoms with Crippen LogP contribution in [0.1, 0.15) is 13.8 Å². The first-order valence-electron chi connectivity index (χ1n) is 7.51. The number of amides is 2. The molecule has 0 spiro atoms. The zero-order valence-corrected chi connectivity index (χ0v) is 15.5. The Hall–Kier alpha value is -1.56. The van der Waals surface area contributed by atoms with Crippen LogP contribution >= 0.6 is 23.5 Å². The van der Waals surface area contributed by atoms with Crippen LogP contribution in [0.15, 0.2) is 9.81 Å². The largest absolute Gasteiger partial charge is 0.465 e. The van der Waals surface area contributed by atoms with Crippen molar-refractivity contribution in [2.24, 2.45) is 11.5 Å². The lowest BCUT2D eigenvalue weighted by atomic mass is 10.4. The molecule has 0 bridgehead atoms. The van der Waals surface area contributed by atoms with Crippen molar-refractivity contribution >= 4 is 47.3 Å². The molecule has 25 heavy (non-hydrogen) atoms. The number of rotatable bonds is 10. The van der Waals surface area contributed by atoms with Crippen LogP contribution in [-0.4, -0.2) is 60.6 Å². The molecule has 9 nitrogen and oxygen atoms in total. The molecule has 0 fully saturated rings. The van der Waals surface area contributed by atoms with Crippen LogP contribution in [0.5, 0.6) is 0 Å². The van der Waals surface area contributed by atoms with Gasteiger partial charge in [0.25, 0.3) is 11.8 Å². The molecule has 0 radical (unpaired) electrons. The second-order valence-corrected chi connectivity index (χ2v) is 6.84. The number of ether oxygens (including phenoxy) is 2. The number of carbonyl (C=O) groups excluding carboxylic acids is 4. The van der Waals surface area contributed by atoms with Gasteiger partial charge in [-0.3, -0.25) is 24.5 Å². The molecule has 0 aromatic heterocycles. The zero-order chi connectivity index (χ0) is 19.0. The number of nitrogens with one attached hydrogen (secondary N) is 1. The monoisotopic (exact) mass is 391 g/mol. The maximum Gasteiger partial charge on any atom is 0.323 e. The van der Waals surface area contributed by atoms with E-state index in [9.17, 15) is 19.2 Å². The predicted octanol–water partition coefficient (Wildman–Crippen LogP) is -0.898. The quantitative estimate of drug-likeness (QED) is 0.316. The number of thioether (sulfide) groups is 2. The fourth-order valence-corrected chi connectivity index (χ4v) is 3.80. The maximum absolute atomic E-state index is 11.9. The summed E-state index contributed by atoms with van der Waals surface area (Å²) in [4.78, 5) is 47.1. The Labute approximate surface area is 153 Å². The van der Waals surface area contributed by atoms with Gasteiger partial charge in [0.05, 0.1) is 23.0 Å². The summed E-state index contributed by atoms with van der Waals surface area (Å²) in [5.41, 5.74) is 11.4. The first kappa shape index (κ1) is 21.5. The molecule has 1 aliphatic heterocycles.